The van der Waals surface area contributed by atoms with Crippen LogP contribution in [0.3, 0.4) is 0 Å². The number of hydrogen-bond donors (Lipinski definition) is 2. The molecule has 0 aliphatic heterocycles. The molecule has 0 heterocycles. The third-order valence-corrected chi connectivity index (χ3v) is 0.951. The lowest BCUT2D eigenvalue weighted by Crippen LogP contribution is -2.25. The van der Waals surface area contributed by atoms with E-state index in [1.165, 1.54) is 0 Å². The number of carbonyl (C=O) groups is 1. The summed E-state index contributed by atoms with van der Waals surface area (Å²) in [5.74, 6) is 0. The standard InChI is InChI=1S/C6H11N3O/c1-4(2)5(3)8-9-6(7)10/h1H2,2-3H3,(H3,7,9,10)/b8-5-. The molecule has 0 saturated carbocycles. The van der Waals surface area contributed by atoms with Crippen LogP contribution in [-0.4, -0.2) is 11.7 Å². The van der Waals surface area contributed by atoms with Gasteiger partial charge in [0.15, 0.2) is 0 Å². The van der Waals surface area contributed by atoms with Crippen molar-refractivity contribution in [2.24, 2.45) is 10.8 Å². The number of nitrogens with two attached hydrogens (primary N) is 1. The van der Waals surface area contributed by atoms with Crippen molar-refractivity contribution in [1.82, 2.24) is 5.43 Å². The molecular formula is C6H11N3O. The average Bonchev–Trinajstić information content (AvgIpc) is 1.82. The molecule has 0 rings (SSSR count). The summed E-state index contributed by atoms with van der Waals surface area (Å²) < 4.78 is 0. The van der Waals surface area contributed by atoms with Crippen molar-refractivity contribution < 1.29 is 4.79 Å². The number of allylic oxidation sites excluding steroid dienone is 1. The minimum atomic E-state index is -0.666. The first-order chi connectivity index (χ1) is 4.54. The van der Waals surface area contributed by atoms with E-state index in [1.807, 2.05) is 0 Å². The van der Waals surface area contributed by atoms with Gasteiger partial charge in [-0.15, -0.1) is 0 Å². The molecule has 0 aliphatic rings. The summed E-state index contributed by atoms with van der Waals surface area (Å²) in [6.07, 6.45) is 0. The second kappa shape index (κ2) is 3.66. The Morgan fingerprint density at radius 1 is 1.60 bits per heavy atom. The molecule has 0 aliphatic carbocycles. The van der Waals surface area contributed by atoms with Crippen molar-refractivity contribution in [2.45, 2.75) is 13.8 Å². The molecule has 2 amide bonds. The fraction of sp³-hybridized carbons (Fsp3) is 0.333. The summed E-state index contributed by atoms with van der Waals surface area (Å²) >= 11 is 0. The van der Waals surface area contributed by atoms with E-state index >= 15 is 0 Å². The molecule has 0 aromatic carbocycles. The molecule has 0 aromatic heterocycles. The maximum atomic E-state index is 10.1. The zero-order valence-corrected chi connectivity index (χ0v) is 6.14. The van der Waals surface area contributed by atoms with E-state index in [1.54, 1.807) is 13.8 Å². The Balaban J connectivity index is 3.92. The maximum Gasteiger partial charge on any atom is 0.332 e. The van der Waals surface area contributed by atoms with Gasteiger partial charge in [0, 0.05) is 0 Å². The summed E-state index contributed by atoms with van der Waals surface area (Å²) in [6.45, 7) is 7.14. The zero-order chi connectivity index (χ0) is 8.15. The van der Waals surface area contributed by atoms with Gasteiger partial charge in [0.05, 0.1) is 5.71 Å². The van der Waals surface area contributed by atoms with Gasteiger partial charge in [0.2, 0.25) is 0 Å². The molecule has 0 bridgehead atoms. The third kappa shape index (κ3) is 3.65. The van der Waals surface area contributed by atoms with Gasteiger partial charge in [-0.2, -0.15) is 5.10 Å². The number of rotatable bonds is 2. The first kappa shape index (κ1) is 8.68. The summed E-state index contributed by atoms with van der Waals surface area (Å²) in [4.78, 5) is 10.1. The molecule has 0 saturated heterocycles. The van der Waals surface area contributed by atoms with Crippen LogP contribution in [0.4, 0.5) is 4.79 Å². The highest BCUT2D eigenvalue weighted by Gasteiger charge is 1.91. The second-order valence-electron chi connectivity index (χ2n) is 1.95. The number of urea groups is 1. The van der Waals surface area contributed by atoms with Crippen LogP contribution < -0.4 is 11.2 Å². The number of primary amides is 1. The minimum absolute atomic E-state index is 0.666. The van der Waals surface area contributed by atoms with Gasteiger partial charge in [-0.25, -0.2) is 10.2 Å². The minimum Gasteiger partial charge on any atom is -0.350 e. The monoisotopic (exact) mass is 141 g/mol. The molecule has 0 unspecified atom stereocenters. The summed E-state index contributed by atoms with van der Waals surface area (Å²) in [5, 5.41) is 3.62. The lowest BCUT2D eigenvalue weighted by Gasteiger charge is -1.96. The molecule has 0 fully saturated rings. The van der Waals surface area contributed by atoms with Crippen LogP contribution in [0.15, 0.2) is 17.3 Å². The number of hydrazone groups is 1. The van der Waals surface area contributed by atoms with E-state index < -0.39 is 6.03 Å². The number of hydrogen-bond acceptors (Lipinski definition) is 2. The van der Waals surface area contributed by atoms with Gasteiger partial charge < -0.3 is 5.73 Å². The summed E-state index contributed by atoms with van der Waals surface area (Å²) in [6, 6.07) is -0.666. The summed E-state index contributed by atoms with van der Waals surface area (Å²) in [5.41, 5.74) is 8.31. The fourth-order valence-electron chi connectivity index (χ4n) is 0.234. The highest BCUT2D eigenvalue weighted by atomic mass is 16.2. The van der Waals surface area contributed by atoms with E-state index in [-0.39, 0.29) is 0 Å². The van der Waals surface area contributed by atoms with Crippen LogP contribution in [-0.2, 0) is 0 Å². The molecule has 0 atom stereocenters. The fourth-order valence-corrected chi connectivity index (χ4v) is 0.234. The largest absolute Gasteiger partial charge is 0.350 e. The van der Waals surface area contributed by atoms with Gasteiger partial charge in [0.1, 0.15) is 0 Å². The number of nitrogens with one attached hydrogen (secondary N) is 1. The predicted molar refractivity (Wildman–Crippen MR) is 40.6 cm³/mol. The van der Waals surface area contributed by atoms with E-state index in [2.05, 4.69) is 17.1 Å². The molecule has 4 heteroatoms. The van der Waals surface area contributed by atoms with Crippen molar-refractivity contribution >= 4 is 11.7 Å². The van der Waals surface area contributed by atoms with Crippen LogP contribution >= 0.6 is 0 Å². The number of carbonyl (C=O) groups excluding carboxylic acids is 1. The van der Waals surface area contributed by atoms with Crippen LogP contribution in [0.1, 0.15) is 13.8 Å². The van der Waals surface area contributed by atoms with Crippen LogP contribution in [0.2, 0.25) is 0 Å². The number of amides is 2. The Morgan fingerprint density at radius 2 is 2.10 bits per heavy atom. The van der Waals surface area contributed by atoms with Gasteiger partial charge in [0.25, 0.3) is 0 Å². The van der Waals surface area contributed by atoms with Gasteiger partial charge in [-0.3, -0.25) is 0 Å². The van der Waals surface area contributed by atoms with Crippen molar-refractivity contribution in [3.8, 4) is 0 Å². The van der Waals surface area contributed by atoms with Crippen LogP contribution in [0.5, 0.6) is 0 Å². The van der Waals surface area contributed by atoms with E-state index in [9.17, 15) is 4.79 Å². The molecule has 3 N–H and O–H groups in total. The Hall–Kier alpha value is -1.32. The van der Waals surface area contributed by atoms with E-state index in [0.717, 1.165) is 5.57 Å². The average molecular weight is 141 g/mol. The molecule has 0 aromatic rings. The Morgan fingerprint density at radius 3 is 2.40 bits per heavy atom. The molecular weight excluding hydrogens is 130 g/mol. The first-order valence-corrected chi connectivity index (χ1v) is 2.79. The maximum absolute atomic E-state index is 10.1. The van der Waals surface area contributed by atoms with E-state index in [0.29, 0.717) is 5.71 Å². The number of nitrogens with zero attached hydrogens (tertiary/aromatic N) is 1. The lowest BCUT2D eigenvalue weighted by atomic mass is 10.2. The molecule has 56 valence electrons. The Bertz CT molecular complexity index is 183. The van der Waals surface area contributed by atoms with Crippen molar-refractivity contribution in [2.75, 3.05) is 0 Å². The van der Waals surface area contributed by atoms with E-state index in [4.69, 9.17) is 5.73 Å². The quantitative estimate of drug-likeness (QED) is 0.429. The molecule has 0 radical (unpaired) electrons. The SMILES string of the molecule is C=C(C)/C(C)=N\NC(N)=O. The normalized spacial score (nSPS) is 10.8. The Labute approximate surface area is 59.8 Å². The lowest BCUT2D eigenvalue weighted by molar-refractivity contribution is 0.249. The van der Waals surface area contributed by atoms with Crippen LogP contribution in [0, 0.1) is 0 Å². The second-order valence-corrected chi connectivity index (χ2v) is 1.95. The van der Waals surface area contributed by atoms with Gasteiger partial charge in [-0.05, 0) is 19.4 Å². The smallest absolute Gasteiger partial charge is 0.332 e. The third-order valence-electron chi connectivity index (χ3n) is 0.951. The molecule has 0 spiro atoms. The van der Waals surface area contributed by atoms with Crippen molar-refractivity contribution in [3.63, 3.8) is 0 Å². The highest BCUT2D eigenvalue weighted by molar-refractivity contribution is 5.97. The van der Waals surface area contributed by atoms with Crippen LogP contribution in [0.25, 0.3) is 0 Å². The Kier molecular flexibility index (Phi) is 3.17. The predicted octanol–water partition coefficient (Wildman–Crippen LogP) is 0.607. The summed E-state index contributed by atoms with van der Waals surface area (Å²) in [7, 11) is 0. The van der Waals surface area contributed by atoms with Crippen molar-refractivity contribution in [3.05, 3.63) is 12.2 Å². The van der Waals surface area contributed by atoms with Gasteiger partial charge in [-0.1, -0.05) is 6.58 Å². The van der Waals surface area contributed by atoms with Gasteiger partial charge >= 0.3 is 6.03 Å². The highest BCUT2D eigenvalue weighted by Crippen LogP contribution is 1.89. The van der Waals surface area contributed by atoms with Crippen molar-refractivity contribution in [1.29, 1.82) is 0 Å². The first-order valence-electron chi connectivity index (χ1n) is 2.79. The zero-order valence-electron chi connectivity index (χ0n) is 6.14. The topological polar surface area (TPSA) is 67.5 Å². The molecule has 10 heavy (non-hydrogen) atoms. The molecule has 4 nitrogen and oxygen atoms in total.